The van der Waals surface area contributed by atoms with Crippen LogP contribution in [0.5, 0.6) is 0 Å². The molecule has 6 heteroatoms. The molecule has 2 unspecified atom stereocenters. The maximum absolute atomic E-state index is 11.7. The van der Waals surface area contributed by atoms with Gasteiger partial charge in [-0.2, -0.15) is 0 Å². The van der Waals surface area contributed by atoms with Gasteiger partial charge in [0, 0.05) is 26.1 Å². The van der Waals surface area contributed by atoms with Crippen molar-refractivity contribution in [3.63, 3.8) is 0 Å². The number of hydrogen-bond acceptors (Lipinski definition) is 3. The number of carboxylic acids is 1. The van der Waals surface area contributed by atoms with Gasteiger partial charge in [0.15, 0.2) is 0 Å². The van der Waals surface area contributed by atoms with E-state index in [4.69, 9.17) is 5.11 Å². The maximum Gasteiger partial charge on any atom is 0.307 e. The first-order chi connectivity index (χ1) is 8.49. The third-order valence-electron chi connectivity index (χ3n) is 3.73. The summed E-state index contributed by atoms with van der Waals surface area (Å²) < 4.78 is 0. The van der Waals surface area contributed by atoms with Crippen LogP contribution in [0.3, 0.4) is 0 Å². The van der Waals surface area contributed by atoms with Gasteiger partial charge in [0.25, 0.3) is 0 Å². The zero-order valence-corrected chi connectivity index (χ0v) is 10.4. The normalized spacial score (nSPS) is 27.7. The standard InChI is InChI=1S/C12H18N2O4/c1-7(15)14-4-2-8(3-5-14)13-11(16)9-6-10(9)12(17)18/h8-10H,2-6H2,1H3,(H,13,16)(H,17,18). The summed E-state index contributed by atoms with van der Waals surface area (Å²) in [6.07, 6.45) is 1.94. The highest BCUT2D eigenvalue weighted by molar-refractivity contribution is 5.89. The van der Waals surface area contributed by atoms with Gasteiger partial charge < -0.3 is 15.3 Å². The van der Waals surface area contributed by atoms with Crippen LogP contribution in [0.15, 0.2) is 0 Å². The Bertz CT molecular complexity index is 374. The number of carbonyl (C=O) groups is 3. The minimum atomic E-state index is -0.887. The van der Waals surface area contributed by atoms with Gasteiger partial charge in [0.2, 0.25) is 11.8 Å². The molecule has 0 aromatic rings. The van der Waals surface area contributed by atoms with Crippen molar-refractivity contribution in [2.75, 3.05) is 13.1 Å². The van der Waals surface area contributed by atoms with Gasteiger partial charge >= 0.3 is 5.97 Å². The Morgan fingerprint density at radius 3 is 2.22 bits per heavy atom. The Labute approximate surface area is 105 Å². The summed E-state index contributed by atoms with van der Waals surface area (Å²) in [6.45, 7) is 2.86. The third kappa shape index (κ3) is 2.80. The fraction of sp³-hybridized carbons (Fsp3) is 0.750. The highest BCUT2D eigenvalue weighted by Gasteiger charge is 2.48. The molecule has 0 aromatic heterocycles. The van der Waals surface area contributed by atoms with E-state index >= 15 is 0 Å². The number of carboxylic acid groups (broad SMARTS) is 1. The van der Waals surface area contributed by atoms with E-state index in [1.807, 2.05) is 0 Å². The second-order valence-electron chi connectivity index (χ2n) is 5.08. The molecule has 0 radical (unpaired) electrons. The lowest BCUT2D eigenvalue weighted by Gasteiger charge is -2.31. The van der Waals surface area contributed by atoms with Gasteiger partial charge in [-0.25, -0.2) is 0 Å². The Balaban J connectivity index is 1.74. The van der Waals surface area contributed by atoms with E-state index in [1.54, 1.807) is 11.8 Å². The van der Waals surface area contributed by atoms with E-state index in [0.29, 0.717) is 19.5 Å². The Morgan fingerprint density at radius 1 is 1.17 bits per heavy atom. The number of carbonyl (C=O) groups excluding carboxylic acids is 2. The van der Waals surface area contributed by atoms with Crippen molar-refractivity contribution in [2.45, 2.75) is 32.2 Å². The Kier molecular flexibility index (Phi) is 3.54. The van der Waals surface area contributed by atoms with Crippen molar-refractivity contribution in [2.24, 2.45) is 11.8 Å². The van der Waals surface area contributed by atoms with Crippen molar-refractivity contribution in [1.82, 2.24) is 10.2 Å². The molecule has 1 saturated carbocycles. The van der Waals surface area contributed by atoms with Crippen LogP contribution < -0.4 is 5.32 Å². The number of piperidine rings is 1. The average molecular weight is 254 g/mol. The van der Waals surface area contributed by atoms with Crippen LogP contribution in [-0.4, -0.2) is 46.9 Å². The van der Waals surface area contributed by atoms with Gasteiger partial charge in [-0.05, 0) is 19.3 Å². The Morgan fingerprint density at radius 2 is 1.78 bits per heavy atom. The van der Waals surface area contributed by atoms with Gasteiger partial charge in [0.05, 0.1) is 11.8 Å². The van der Waals surface area contributed by atoms with Crippen molar-refractivity contribution < 1.29 is 19.5 Å². The second-order valence-corrected chi connectivity index (χ2v) is 5.08. The fourth-order valence-electron chi connectivity index (χ4n) is 2.40. The van der Waals surface area contributed by atoms with E-state index in [9.17, 15) is 14.4 Å². The van der Waals surface area contributed by atoms with Crippen LogP contribution in [-0.2, 0) is 14.4 Å². The van der Waals surface area contributed by atoms with Gasteiger partial charge in [0.1, 0.15) is 0 Å². The van der Waals surface area contributed by atoms with Crippen LogP contribution in [0.2, 0.25) is 0 Å². The molecule has 2 atom stereocenters. The molecule has 0 spiro atoms. The summed E-state index contributed by atoms with van der Waals surface area (Å²) >= 11 is 0. The lowest BCUT2D eigenvalue weighted by atomic mass is 10.0. The molecule has 1 aliphatic carbocycles. The van der Waals surface area contributed by atoms with Crippen molar-refractivity contribution in [3.05, 3.63) is 0 Å². The van der Waals surface area contributed by atoms with Crippen LogP contribution in [0, 0.1) is 11.8 Å². The van der Waals surface area contributed by atoms with E-state index in [2.05, 4.69) is 5.32 Å². The molecule has 1 heterocycles. The number of likely N-dealkylation sites (tertiary alicyclic amines) is 1. The van der Waals surface area contributed by atoms with Crippen LogP contribution in [0.25, 0.3) is 0 Å². The predicted molar refractivity (Wildman–Crippen MR) is 62.7 cm³/mol. The SMILES string of the molecule is CC(=O)N1CCC(NC(=O)C2CC2C(=O)O)CC1. The number of hydrogen-bond donors (Lipinski definition) is 2. The number of amides is 2. The predicted octanol–water partition coefficient (Wildman–Crippen LogP) is -0.166. The summed E-state index contributed by atoms with van der Waals surface area (Å²) in [7, 11) is 0. The lowest BCUT2D eigenvalue weighted by molar-refractivity contribution is -0.140. The molecular formula is C12H18N2O4. The fourth-order valence-corrected chi connectivity index (χ4v) is 2.40. The molecule has 2 rings (SSSR count). The summed E-state index contributed by atoms with van der Waals surface area (Å²) in [6, 6.07) is 0.0724. The van der Waals surface area contributed by atoms with Gasteiger partial charge in [-0.15, -0.1) is 0 Å². The van der Waals surface area contributed by atoms with E-state index < -0.39 is 11.9 Å². The summed E-state index contributed by atoms with van der Waals surface area (Å²) in [5.41, 5.74) is 0. The maximum atomic E-state index is 11.7. The lowest BCUT2D eigenvalue weighted by Crippen LogP contribution is -2.46. The second kappa shape index (κ2) is 4.96. The molecule has 2 N–H and O–H groups in total. The third-order valence-corrected chi connectivity index (χ3v) is 3.73. The smallest absolute Gasteiger partial charge is 0.307 e. The number of aliphatic carboxylic acids is 1. The molecule has 2 fully saturated rings. The molecule has 2 amide bonds. The minimum absolute atomic E-state index is 0.0629. The largest absolute Gasteiger partial charge is 0.481 e. The van der Waals surface area contributed by atoms with Crippen molar-refractivity contribution in [1.29, 1.82) is 0 Å². The first kappa shape index (κ1) is 12.9. The number of rotatable bonds is 3. The van der Waals surface area contributed by atoms with Gasteiger partial charge in [-0.3, -0.25) is 14.4 Å². The molecule has 1 aliphatic heterocycles. The first-order valence-corrected chi connectivity index (χ1v) is 6.27. The van der Waals surface area contributed by atoms with Crippen molar-refractivity contribution in [3.8, 4) is 0 Å². The summed E-state index contributed by atoms with van der Waals surface area (Å²) in [5.74, 6) is -1.83. The highest BCUT2D eigenvalue weighted by atomic mass is 16.4. The minimum Gasteiger partial charge on any atom is -0.481 e. The molecule has 2 aliphatic rings. The number of nitrogens with zero attached hydrogens (tertiary/aromatic N) is 1. The zero-order valence-electron chi connectivity index (χ0n) is 10.4. The molecule has 0 aromatic carbocycles. The van der Waals surface area contributed by atoms with E-state index in [0.717, 1.165) is 12.8 Å². The Hall–Kier alpha value is -1.59. The molecule has 100 valence electrons. The van der Waals surface area contributed by atoms with Crippen molar-refractivity contribution >= 4 is 17.8 Å². The van der Waals surface area contributed by atoms with Crippen LogP contribution >= 0.6 is 0 Å². The highest BCUT2D eigenvalue weighted by Crippen LogP contribution is 2.38. The zero-order chi connectivity index (χ0) is 13.3. The van der Waals surface area contributed by atoms with E-state index in [1.165, 1.54) is 0 Å². The molecule has 6 nitrogen and oxygen atoms in total. The van der Waals surface area contributed by atoms with Crippen LogP contribution in [0.4, 0.5) is 0 Å². The quantitative estimate of drug-likeness (QED) is 0.732. The van der Waals surface area contributed by atoms with E-state index in [-0.39, 0.29) is 23.8 Å². The molecule has 0 bridgehead atoms. The molecular weight excluding hydrogens is 236 g/mol. The monoisotopic (exact) mass is 254 g/mol. The number of nitrogens with one attached hydrogen (secondary N) is 1. The molecule has 1 saturated heterocycles. The summed E-state index contributed by atoms with van der Waals surface area (Å²) in [5, 5.41) is 11.6. The first-order valence-electron chi connectivity index (χ1n) is 6.27. The average Bonchev–Trinajstić information content (AvgIpc) is 3.09. The summed E-state index contributed by atoms with van der Waals surface area (Å²) in [4.78, 5) is 35.3. The van der Waals surface area contributed by atoms with Gasteiger partial charge in [-0.1, -0.05) is 0 Å². The molecule has 18 heavy (non-hydrogen) atoms. The van der Waals surface area contributed by atoms with Crippen LogP contribution in [0.1, 0.15) is 26.2 Å². The topological polar surface area (TPSA) is 86.7 Å².